The molecule has 0 amide bonds. The minimum absolute atomic E-state index is 0.461. The van der Waals surface area contributed by atoms with E-state index in [-0.39, 0.29) is 0 Å². The summed E-state index contributed by atoms with van der Waals surface area (Å²) in [6, 6.07) is 20.1. The van der Waals surface area contributed by atoms with Gasteiger partial charge in [0.2, 0.25) is 0 Å². The lowest BCUT2D eigenvalue weighted by molar-refractivity contribution is 0.262. The van der Waals surface area contributed by atoms with Gasteiger partial charge in [0.05, 0.1) is 0 Å². The van der Waals surface area contributed by atoms with Gasteiger partial charge in [-0.15, -0.1) is 0 Å². The van der Waals surface area contributed by atoms with Crippen molar-refractivity contribution in [3.05, 3.63) is 70.7 Å². The van der Waals surface area contributed by atoms with E-state index in [0.717, 1.165) is 11.4 Å². The number of hydrogen-bond donors (Lipinski definition) is 1. The monoisotopic (exact) mass is 299 g/mol. The molecule has 0 radical (unpaired) electrons. The number of benzene rings is 2. The van der Waals surface area contributed by atoms with Gasteiger partial charge in [0, 0.05) is 17.1 Å². The van der Waals surface area contributed by atoms with Crippen molar-refractivity contribution in [3.63, 3.8) is 0 Å². The van der Waals surface area contributed by atoms with Crippen LogP contribution in [0.1, 0.15) is 49.3 Å². The molecule has 0 bridgehead atoms. The van der Waals surface area contributed by atoms with Crippen LogP contribution in [0, 0.1) is 0 Å². The highest BCUT2D eigenvalue weighted by Gasteiger charge is 2.32. The molecule has 21 heavy (non-hydrogen) atoms. The van der Waals surface area contributed by atoms with E-state index >= 15 is 0 Å². The predicted octanol–water partition coefficient (Wildman–Crippen LogP) is 5.33. The molecule has 2 aromatic carbocycles. The Kier molecular flexibility index (Phi) is 4.62. The van der Waals surface area contributed by atoms with Gasteiger partial charge >= 0.3 is 0 Å². The number of nitrogens with one attached hydrogen (secondary N) is 1. The van der Waals surface area contributed by atoms with Gasteiger partial charge in [0.25, 0.3) is 0 Å². The van der Waals surface area contributed by atoms with E-state index in [9.17, 15) is 0 Å². The Morgan fingerprint density at radius 2 is 1.71 bits per heavy atom. The molecule has 110 valence electrons. The predicted molar refractivity (Wildman–Crippen MR) is 89.8 cm³/mol. The smallest absolute Gasteiger partial charge is 0.0440 e. The molecule has 1 saturated carbocycles. The van der Waals surface area contributed by atoms with E-state index in [1.807, 2.05) is 12.1 Å². The fourth-order valence-corrected chi connectivity index (χ4v) is 3.52. The topological polar surface area (TPSA) is 12.0 Å². The summed E-state index contributed by atoms with van der Waals surface area (Å²) in [5.74, 6) is 0.615. The molecule has 1 N–H and O–H groups in total. The first-order valence-corrected chi connectivity index (χ1v) is 8.21. The largest absolute Gasteiger partial charge is 0.307 e. The van der Waals surface area contributed by atoms with Crippen molar-refractivity contribution >= 4 is 11.6 Å². The molecule has 1 aliphatic carbocycles. The van der Waals surface area contributed by atoms with Gasteiger partial charge in [0.1, 0.15) is 0 Å². The third kappa shape index (κ3) is 3.30. The van der Waals surface area contributed by atoms with E-state index in [0.29, 0.717) is 18.0 Å². The normalized spacial score (nSPS) is 22.6. The van der Waals surface area contributed by atoms with Gasteiger partial charge in [-0.05, 0) is 42.4 Å². The fraction of sp³-hybridized carbons (Fsp3) is 0.368. The van der Waals surface area contributed by atoms with Crippen LogP contribution in [0.5, 0.6) is 0 Å². The Morgan fingerprint density at radius 3 is 2.38 bits per heavy atom. The molecule has 1 fully saturated rings. The first-order valence-electron chi connectivity index (χ1n) is 7.83. The van der Waals surface area contributed by atoms with Gasteiger partial charge in [0.15, 0.2) is 0 Å². The summed E-state index contributed by atoms with van der Waals surface area (Å²) in [6.07, 6.45) is 3.50. The lowest BCUT2D eigenvalue weighted by Gasteiger charge is -2.39. The zero-order valence-corrected chi connectivity index (χ0v) is 13.2. The molecule has 3 rings (SSSR count). The summed E-state index contributed by atoms with van der Waals surface area (Å²) in [5.41, 5.74) is 2.70. The molecule has 0 aromatic heterocycles. The number of halogens is 1. The summed E-state index contributed by atoms with van der Waals surface area (Å²) >= 11 is 6.29. The molecular formula is C19H22ClN. The first-order chi connectivity index (χ1) is 10.3. The Hall–Kier alpha value is -1.31. The molecule has 2 heteroatoms. The standard InChI is InChI=1S/C19H22ClN/c1-2-19(14-8-4-3-5-9-14)21-16-12-15(13-16)17-10-6-7-11-18(17)20/h3-11,15-16,19,21H,2,12-13H2,1H3. The quantitative estimate of drug-likeness (QED) is 0.787. The summed E-state index contributed by atoms with van der Waals surface area (Å²) < 4.78 is 0. The van der Waals surface area contributed by atoms with E-state index in [1.54, 1.807) is 0 Å². The maximum absolute atomic E-state index is 6.29. The Labute approximate surface area is 132 Å². The highest BCUT2D eigenvalue weighted by molar-refractivity contribution is 6.31. The van der Waals surface area contributed by atoms with Crippen molar-refractivity contribution < 1.29 is 0 Å². The number of rotatable bonds is 5. The molecule has 0 spiro atoms. The average molecular weight is 300 g/mol. The van der Waals surface area contributed by atoms with Crippen molar-refractivity contribution in [3.8, 4) is 0 Å². The highest BCUT2D eigenvalue weighted by Crippen LogP contribution is 2.40. The van der Waals surface area contributed by atoms with E-state index in [2.05, 4.69) is 54.7 Å². The minimum Gasteiger partial charge on any atom is -0.307 e. The van der Waals surface area contributed by atoms with Crippen LogP contribution in [0.15, 0.2) is 54.6 Å². The van der Waals surface area contributed by atoms with Crippen LogP contribution in [0.25, 0.3) is 0 Å². The molecule has 2 aromatic rings. The zero-order chi connectivity index (χ0) is 14.7. The molecule has 1 atom stereocenters. The molecule has 0 heterocycles. The van der Waals surface area contributed by atoms with Gasteiger partial charge in [-0.25, -0.2) is 0 Å². The van der Waals surface area contributed by atoms with Crippen molar-refractivity contribution in [1.82, 2.24) is 5.32 Å². The second-order valence-electron chi connectivity index (χ2n) is 5.92. The molecular weight excluding hydrogens is 278 g/mol. The van der Waals surface area contributed by atoms with Gasteiger partial charge in [-0.2, -0.15) is 0 Å². The summed E-state index contributed by atoms with van der Waals surface area (Å²) in [5, 5.41) is 4.71. The Bertz CT molecular complexity index is 575. The summed E-state index contributed by atoms with van der Waals surface area (Å²) in [7, 11) is 0. The molecule has 1 unspecified atom stereocenters. The van der Waals surface area contributed by atoms with E-state index < -0.39 is 0 Å². The Balaban J connectivity index is 1.58. The highest BCUT2D eigenvalue weighted by atomic mass is 35.5. The Morgan fingerprint density at radius 1 is 1.05 bits per heavy atom. The van der Waals surface area contributed by atoms with Crippen LogP contribution in [0.3, 0.4) is 0 Å². The third-order valence-electron chi connectivity index (χ3n) is 4.53. The van der Waals surface area contributed by atoms with Crippen molar-refractivity contribution in [2.24, 2.45) is 0 Å². The van der Waals surface area contributed by atoms with Crippen molar-refractivity contribution in [2.75, 3.05) is 0 Å². The van der Waals surface area contributed by atoms with Gasteiger partial charge < -0.3 is 5.32 Å². The minimum atomic E-state index is 0.461. The second-order valence-corrected chi connectivity index (χ2v) is 6.33. The van der Waals surface area contributed by atoms with E-state index in [4.69, 9.17) is 11.6 Å². The van der Waals surface area contributed by atoms with Crippen LogP contribution in [-0.4, -0.2) is 6.04 Å². The fourth-order valence-electron chi connectivity index (χ4n) is 3.23. The average Bonchev–Trinajstić information content (AvgIpc) is 2.48. The molecule has 0 saturated heterocycles. The van der Waals surface area contributed by atoms with Crippen LogP contribution in [0.4, 0.5) is 0 Å². The van der Waals surface area contributed by atoms with Gasteiger partial charge in [-0.3, -0.25) is 0 Å². The van der Waals surface area contributed by atoms with Crippen molar-refractivity contribution in [2.45, 2.75) is 44.2 Å². The molecule has 1 aliphatic rings. The molecule has 1 nitrogen and oxygen atoms in total. The zero-order valence-electron chi connectivity index (χ0n) is 12.4. The lowest BCUT2D eigenvalue weighted by Crippen LogP contribution is -2.42. The van der Waals surface area contributed by atoms with E-state index in [1.165, 1.54) is 24.0 Å². The maximum Gasteiger partial charge on any atom is 0.0440 e. The lowest BCUT2D eigenvalue weighted by atomic mass is 9.75. The number of hydrogen-bond acceptors (Lipinski definition) is 1. The summed E-state index contributed by atoms with van der Waals surface area (Å²) in [4.78, 5) is 0. The maximum atomic E-state index is 6.29. The second kappa shape index (κ2) is 6.64. The van der Waals surface area contributed by atoms with Crippen molar-refractivity contribution in [1.29, 1.82) is 0 Å². The van der Waals surface area contributed by atoms with Crippen LogP contribution in [-0.2, 0) is 0 Å². The summed E-state index contributed by atoms with van der Waals surface area (Å²) in [6.45, 7) is 2.24. The van der Waals surface area contributed by atoms with Gasteiger partial charge in [-0.1, -0.05) is 67.1 Å². The van der Waals surface area contributed by atoms with Crippen LogP contribution >= 0.6 is 11.6 Å². The molecule has 0 aliphatic heterocycles. The third-order valence-corrected chi connectivity index (χ3v) is 4.87. The van der Waals surface area contributed by atoms with Crippen LogP contribution < -0.4 is 5.32 Å². The first kappa shape index (κ1) is 14.6. The van der Waals surface area contributed by atoms with Crippen LogP contribution in [0.2, 0.25) is 5.02 Å². The SMILES string of the molecule is CCC(NC1CC(c2ccccc2Cl)C1)c1ccccc1.